The van der Waals surface area contributed by atoms with Crippen LogP contribution >= 0.6 is 0 Å². The minimum absolute atomic E-state index is 0.0361. The number of nitriles is 2. The van der Waals surface area contributed by atoms with Crippen molar-refractivity contribution in [1.29, 1.82) is 10.5 Å². The molecule has 0 aliphatic rings. The minimum Gasteiger partial charge on any atom is -0.459 e. The van der Waals surface area contributed by atoms with Crippen LogP contribution in [0.15, 0.2) is 12.5 Å². The molecule has 0 saturated carbocycles. The van der Waals surface area contributed by atoms with Crippen molar-refractivity contribution in [2.45, 2.75) is 12.5 Å². The Morgan fingerprint density at radius 3 is 2.89 bits per heavy atom. The summed E-state index contributed by atoms with van der Waals surface area (Å²) in [5.74, 6) is -0.701. The molecule has 1 aromatic rings. The van der Waals surface area contributed by atoms with Gasteiger partial charge in [-0.25, -0.2) is 9.78 Å². The van der Waals surface area contributed by atoms with Crippen molar-refractivity contribution >= 4 is 5.97 Å². The average molecular weight is 250 g/mol. The number of hydrogen-bond donors (Lipinski definition) is 1. The third-order valence-corrected chi connectivity index (χ3v) is 1.91. The first kappa shape index (κ1) is 13.3. The lowest BCUT2D eigenvalue weighted by Gasteiger charge is -2.11. The van der Waals surface area contributed by atoms with Crippen LogP contribution in [0.1, 0.15) is 5.69 Å². The Balaban J connectivity index is 2.43. The quantitative estimate of drug-likeness (QED) is 0.406. The number of nitrogens with one attached hydrogen (secondary N) is 1. The van der Waals surface area contributed by atoms with Crippen LogP contribution < -0.4 is 0 Å². The predicted molar refractivity (Wildman–Crippen MR) is 55.3 cm³/mol. The number of aromatic nitrogens is 2. The lowest BCUT2D eigenvalue weighted by molar-refractivity contribution is -0.154. The fraction of sp³-hybridized carbons (Fsp3) is 0.400. The van der Waals surface area contributed by atoms with E-state index in [0.29, 0.717) is 5.69 Å². The maximum atomic E-state index is 11.6. The van der Waals surface area contributed by atoms with E-state index in [2.05, 4.69) is 19.4 Å². The molecule has 0 fully saturated rings. The van der Waals surface area contributed by atoms with Gasteiger partial charge in [-0.05, 0) is 0 Å². The van der Waals surface area contributed by atoms with Crippen LogP contribution in [0.5, 0.6) is 0 Å². The van der Waals surface area contributed by atoms with E-state index in [4.69, 9.17) is 15.3 Å². The molecule has 94 valence electrons. The number of H-pyrrole nitrogens is 1. The summed E-state index contributed by atoms with van der Waals surface area (Å²) in [6, 6.07) is 0. The lowest BCUT2D eigenvalue weighted by Crippen LogP contribution is -2.28. The van der Waals surface area contributed by atoms with Crippen molar-refractivity contribution in [3.05, 3.63) is 18.2 Å². The molecule has 0 radical (unpaired) electrons. The topological polar surface area (TPSA) is 121 Å². The molecule has 1 unspecified atom stereocenters. The van der Waals surface area contributed by atoms with E-state index in [1.165, 1.54) is 25.0 Å². The van der Waals surface area contributed by atoms with E-state index in [1.807, 2.05) is 0 Å². The molecule has 0 aliphatic carbocycles. The molecule has 0 saturated heterocycles. The summed E-state index contributed by atoms with van der Waals surface area (Å²) >= 11 is 0. The van der Waals surface area contributed by atoms with Gasteiger partial charge in [-0.2, -0.15) is 10.5 Å². The van der Waals surface area contributed by atoms with E-state index < -0.39 is 12.1 Å². The molecule has 0 aliphatic heterocycles. The van der Waals surface area contributed by atoms with Crippen molar-refractivity contribution < 1.29 is 19.0 Å². The van der Waals surface area contributed by atoms with E-state index in [1.54, 1.807) is 0 Å². The number of ether oxygens (including phenoxy) is 3. The van der Waals surface area contributed by atoms with Gasteiger partial charge in [-0.3, -0.25) is 0 Å². The highest BCUT2D eigenvalue weighted by molar-refractivity contribution is 5.75. The van der Waals surface area contributed by atoms with Crippen molar-refractivity contribution in [3.63, 3.8) is 0 Å². The van der Waals surface area contributed by atoms with Gasteiger partial charge in [0.25, 0.3) is 12.5 Å². The Kier molecular flexibility index (Phi) is 5.57. The largest absolute Gasteiger partial charge is 0.459 e. The molecule has 1 heterocycles. The van der Waals surface area contributed by atoms with Crippen LogP contribution in [-0.2, 0) is 25.4 Å². The number of imidazole rings is 1. The van der Waals surface area contributed by atoms with Gasteiger partial charge in [0.05, 0.1) is 6.33 Å². The summed E-state index contributed by atoms with van der Waals surface area (Å²) in [5, 5.41) is 16.6. The van der Waals surface area contributed by atoms with Crippen molar-refractivity contribution in [2.24, 2.45) is 0 Å². The van der Waals surface area contributed by atoms with Crippen LogP contribution in [-0.4, -0.2) is 35.3 Å². The second kappa shape index (κ2) is 7.52. The average Bonchev–Trinajstić information content (AvgIpc) is 2.87. The summed E-state index contributed by atoms with van der Waals surface area (Å²) in [6.45, 7) is -0.119. The summed E-state index contributed by atoms with van der Waals surface area (Å²) in [4.78, 5) is 18.1. The number of esters is 1. The minimum atomic E-state index is -1.04. The normalized spacial score (nSPS) is 10.8. The van der Waals surface area contributed by atoms with Crippen LogP contribution in [0.2, 0.25) is 0 Å². The Labute approximate surface area is 103 Å². The number of carbonyl (C=O) groups is 1. The molecule has 1 rings (SSSR count). The van der Waals surface area contributed by atoms with Gasteiger partial charge >= 0.3 is 5.97 Å². The highest BCUT2D eigenvalue weighted by Crippen LogP contribution is 2.04. The van der Waals surface area contributed by atoms with E-state index >= 15 is 0 Å². The molecule has 1 atom stereocenters. The summed E-state index contributed by atoms with van der Waals surface area (Å²) in [7, 11) is 0. The molecule has 0 spiro atoms. The highest BCUT2D eigenvalue weighted by atomic mass is 16.6. The molecule has 18 heavy (non-hydrogen) atoms. The Morgan fingerprint density at radius 2 is 2.28 bits per heavy atom. The van der Waals surface area contributed by atoms with Gasteiger partial charge in [0.15, 0.2) is 0 Å². The Morgan fingerprint density at radius 1 is 1.44 bits per heavy atom. The highest BCUT2D eigenvalue weighted by Gasteiger charge is 2.23. The molecule has 1 aromatic heterocycles. The molecule has 0 aromatic carbocycles. The smallest absolute Gasteiger partial charge is 0.349 e. The van der Waals surface area contributed by atoms with E-state index in [9.17, 15) is 4.79 Å². The van der Waals surface area contributed by atoms with Crippen LogP contribution in [0.3, 0.4) is 0 Å². The molecule has 0 bridgehead atoms. The van der Waals surface area contributed by atoms with Crippen molar-refractivity contribution in [3.8, 4) is 12.5 Å². The van der Waals surface area contributed by atoms with Gasteiger partial charge in [-0.15, -0.1) is 0 Å². The lowest BCUT2D eigenvalue weighted by atomic mass is 10.2. The van der Waals surface area contributed by atoms with Gasteiger partial charge in [0, 0.05) is 18.3 Å². The number of hydrogen-bond acceptors (Lipinski definition) is 7. The number of rotatable bonds is 7. The van der Waals surface area contributed by atoms with E-state index in [0.717, 1.165) is 0 Å². The maximum absolute atomic E-state index is 11.6. The first-order valence-electron chi connectivity index (χ1n) is 4.97. The van der Waals surface area contributed by atoms with Crippen LogP contribution in [0.4, 0.5) is 0 Å². The first-order valence-corrected chi connectivity index (χ1v) is 4.97. The second-order valence-corrected chi connectivity index (χ2v) is 3.09. The van der Waals surface area contributed by atoms with Crippen LogP contribution in [0.25, 0.3) is 0 Å². The molecule has 1 N–H and O–H groups in total. The standard InChI is InChI=1S/C10H10N4O4/c11-5-16-1-2-17-10(15)9(18-6-12)3-8-4-13-7-14-8/h4,7,9H,1-3H2,(H,13,14). The van der Waals surface area contributed by atoms with Gasteiger partial charge in [0.2, 0.25) is 6.10 Å². The Hall–Kier alpha value is -2.74. The first-order chi connectivity index (χ1) is 8.77. The molecule has 8 heteroatoms. The van der Waals surface area contributed by atoms with Crippen molar-refractivity contribution in [1.82, 2.24) is 9.97 Å². The third-order valence-electron chi connectivity index (χ3n) is 1.91. The van der Waals surface area contributed by atoms with Crippen LogP contribution in [0, 0.1) is 23.0 Å². The monoisotopic (exact) mass is 250 g/mol. The SMILES string of the molecule is N#COCCOC(=O)C(Cc1cnc[nH]1)OC#N. The molecular formula is C10H10N4O4. The zero-order valence-electron chi connectivity index (χ0n) is 9.33. The van der Waals surface area contributed by atoms with Gasteiger partial charge in [0.1, 0.15) is 13.2 Å². The predicted octanol–water partition coefficient (Wildman–Crippen LogP) is -0.141. The summed E-state index contributed by atoms with van der Waals surface area (Å²) in [5.41, 5.74) is 0.639. The number of carbonyl (C=O) groups excluding carboxylic acids is 1. The second-order valence-electron chi connectivity index (χ2n) is 3.09. The number of nitrogens with zero attached hydrogens (tertiary/aromatic N) is 3. The Bertz CT molecular complexity index is 445. The molecule has 0 amide bonds. The zero-order valence-corrected chi connectivity index (χ0v) is 9.33. The summed E-state index contributed by atoms with van der Waals surface area (Å²) < 4.78 is 13.7. The fourth-order valence-electron chi connectivity index (χ4n) is 1.16. The van der Waals surface area contributed by atoms with Crippen molar-refractivity contribution in [2.75, 3.05) is 13.2 Å². The molecular weight excluding hydrogens is 240 g/mol. The van der Waals surface area contributed by atoms with E-state index in [-0.39, 0.29) is 19.6 Å². The van der Waals surface area contributed by atoms with Gasteiger partial charge in [-0.1, -0.05) is 0 Å². The third kappa shape index (κ3) is 4.41. The molecule has 8 nitrogen and oxygen atoms in total. The summed E-state index contributed by atoms with van der Waals surface area (Å²) in [6.07, 6.45) is 4.95. The zero-order chi connectivity index (χ0) is 13.2. The maximum Gasteiger partial charge on any atom is 0.349 e. The fourth-order valence-corrected chi connectivity index (χ4v) is 1.16. The van der Waals surface area contributed by atoms with Gasteiger partial charge < -0.3 is 19.2 Å². The number of aromatic amines is 1.